The molecule has 92 valence electrons. The van der Waals surface area contributed by atoms with Crippen LogP contribution >= 0.6 is 11.3 Å². The predicted octanol–water partition coefficient (Wildman–Crippen LogP) is 3.23. The Balaban J connectivity index is 2.73. The first-order valence-corrected chi connectivity index (χ1v) is 6.72. The first kappa shape index (κ1) is 13.7. The van der Waals surface area contributed by atoms with Crippen LogP contribution in [-0.2, 0) is 11.8 Å². The molecule has 1 rings (SSSR count). The SMILES string of the molecule is CNCC(C)(C)Cc1nc(C(C)(C)C)cs1. The second-order valence-corrected chi connectivity index (χ2v) is 7.19. The van der Waals surface area contributed by atoms with Crippen LogP contribution in [0.25, 0.3) is 0 Å². The maximum atomic E-state index is 4.74. The predicted molar refractivity (Wildman–Crippen MR) is 72.2 cm³/mol. The summed E-state index contributed by atoms with van der Waals surface area (Å²) in [6.07, 6.45) is 1.05. The zero-order valence-corrected chi connectivity index (χ0v) is 12.2. The van der Waals surface area contributed by atoms with Gasteiger partial charge in [0.05, 0.1) is 10.7 Å². The zero-order valence-electron chi connectivity index (χ0n) is 11.3. The van der Waals surface area contributed by atoms with Crippen LogP contribution in [0, 0.1) is 5.41 Å². The van der Waals surface area contributed by atoms with E-state index < -0.39 is 0 Å². The van der Waals surface area contributed by atoms with Gasteiger partial charge in [-0.25, -0.2) is 4.98 Å². The van der Waals surface area contributed by atoms with Crippen LogP contribution in [0.5, 0.6) is 0 Å². The molecule has 0 spiro atoms. The van der Waals surface area contributed by atoms with Gasteiger partial charge in [-0.3, -0.25) is 0 Å². The molecule has 0 aliphatic heterocycles. The molecule has 0 bridgehead atoms. The molecule has 0 aromatic carbocycles. The fraction of sp³-hybridized carbons (Fsp3) is 0.769. The third-order valence-electron chi connectivity index (χ3n) is 2.61. The van der Waals surface area contributed by atoms with E-state index in [0.717, 1.165) is 13.0 Å². The Morgan fingerprint density at radius 1 is 1.25 bits per heavy atom. The van der Waals surface area contributed by atoms with E-state index in [1.54, 1.807) is 11.3 Å². The standard InChI is InChI=1S/C13H24N2S/c1-12(2,3)10-8-16-11(15-10)7-13(4,5)9-14-6/h8,14H,7,9H2,1-6H3. The molecule has 0 saturated heterocycles. The Bertz CT molecular complexity index is 334. The van der Waals surface area contributed by atoms with Gasteiger partial charge in [-0.05, 0) is 12.5 Å². The lowest BCUT2D eigenvalue weighted by Crippen LogP contribution is -2.28. The monoisotopic (exact) mass is 240 g/mol. The smallest absolute Gasteiger partial charge is 0.0934 e. The normalized spacial score (nSPS) is 13.1. The highest BCUT2D eigenvalue weighted by Crippen LogP contribution is 2.28. The molecular weight excluding hydrogens is 216 g/mol. The van der Waals surface area contributed by atoms with Crippen LogP contribution < -0.4 is 5.32 Å². The van der Waals surface area contributed by atoms with Gasteiger partial charge in [-0.2, -0.15) is 0 Å². The largest absolute Gasteiger partial charge is 0.319 e. The molecule has 0 unspecified atom stereocenters. The Hall–Kier alpha value is -0.410. The van der Waals surface area contributed by atoms with Gasteiger partial charge in [0.2, 0.25) is 0 Å². The van der Waals surface area contributed by atoms with E-state index in [-0.39, 0.29) is 10.8 Å². The van der Waals surface area contributed by atoms with Gasteiger partial charge in [0.25, 0.3) is 0 Å². The number of nitrogens with zero attached hydrogens (tertiary/aromatic N) is 1. The molecule has 16 heavy (non-hydrogen) atoms. The summed E-state index contributed by atoms with van der Waals surface area (Å²) in [4.78, 5) is 4.74. The maximum Gasteiger partial charge on any atom is 0.0934 e. The van der Waals surface area contributed by atoms with Gasteiger partial charge in [0.15, 0.2) is 0 Å². The molecule has 0 atom stereocenters. The van der Waals surface area contributed by atoms with Crippen molar-refractivity contribution in [3.8, 4) is 0 Å². The number of hydrogen-bond acceptors (Lipinski definition) is 3. The Labute approximate surface area is 103 Å². The Morgan fingerprint density at radius 3 is 2.31 bits per heavy atom. The number of rotatable bonds is 4. The second kappa shape index (κ2) is 4.84. The van der Waals surface area contributed by atoms with Crippen molar-refractivity contribution < 1.29 is 0 Å². The molecule has 1 aromatic heterocycles. The lowest BCUT2D eigenvalue weighted by Gasteiger charge is -2.22. The topological polar surface area (TPSA) is 24.9 Å². The van der Waals surface area contributed by atoms with Gasteiger partial charge in [0, 0.05) is 23.8 Å². The van der Waals surface area contributed by atoms with Gasteiger partial charge < -0.3 is 5.32 Å². The molecule has 0 aliphatic rings. The molecule has 0 saturated carbocycles. The van der Waals surface area contributed by atoms with Gasteiger partial charge >= 0.3 is 0 Å². The van der Waals surface area contributed by atoms with Crippen LogP contribution in [0.4, 0.5) is 0 Å². The summed E-state index contributed by atoms with van der Waals surface area (Å²) in [7, 11) is 2.00. The van der Waals surface area contributed by atoms with Crippen molar-refractivity contribution >= 4 is 11.3 Å². The van der Waals surface area contributed by atoms with E-state index in [2.05, 4.69) is 45.3 Å². The highest BCUT2D eigenvalue weighted by Gasteiger charge is 2.22. The van der Waals surface area contributed by atoms with Crippen molar-refractivity contribution in [2.45, 2.75) is 46.5 Å². The summed E-state index contributed by atoms with van der Waals surface area (Å²) in [6, 6.07) is 0. The number of aromatic nitrogens is 1. The maximum absolute atomic E-state index is 4.74. The van der Waals surface area contributed by atoms with Crippen molar-refractivity contribution in [3.63, 3.8) is 0 Å². The lowest BCUT2D eigenvalue weighted by molar-refractivity contribution is 0.349. The van der Waals surface area contributed by atoms with E-state index >= 15 is 0 Å². The summed E-state index contributed by atoms with van der Waals surface area (Å²) >= 11 is 1.79. The minimum absolute atomic E-state index is 0.169. The van der Waals surface area contributed by atoms with Crippen LogP contribution in [-0.4, -0.2) is 18.6 Å². The molecule has 1 N–H and O–H groups in total. The average molecular weight is 240 g/mol. The van der Waals surface area contributed by atoms with E-state index in [0.29, 0.717) is 0 Å². The van der Waals surface area contributed by atoms with Crippen LogP contribution in [0.1, 0.15) is 45.3 Å². The van der Waals surface area contributed by atoms with Crippen molar-refractivity contribution in [2.75, 3.05) is 13.6 Å². The molecule has 3 heteroatoms. The third kappa shape index (κ3) is 3.87. The van der Waals surface area contributed by atoms with E-state index in [9.17, 15) is 0 Å². The lowest BCUT2D eigenvalue weighted by atomic mass is 9.89. The fourth-order valence-electron chi connectivity index (χ4n) is 1.69. The molecular formula is C13H24N2S. The van der Waals surface area contributed by atoms with Crippen LogP contribution in [0.15, 0.2) is 5.38 Å². The first-order valence-electron chi connectivity index (χ1n) is 5.84. The molecule has 2 nitrogen and oxygen atoms in total. The summed E-state index contributed by atoms with van der Waals surface area (Å²) in [6.45, 7) is 12.2. The Morgan fingerprint density at radius 2 is 1.88 bits per heavy atom. The summed E-state index contributed by atoms with van der Waals surface area (Å²) in [5.74, 6) is 0. The molecule has 0 fully saturated rings. The number of nitrogens with one attached hydrogen (secondary N) is 1. The van der Waals surface area contributed by atoms with Gasteiger partial charge in [-0.1, -0.05) is 34.6 Å². The molecule has 0 amide bonds. The van der Waals surface area contributed by atoms with Crippen LogP contribution in [0.3, 0.4) is 0 Å². The minimum Gasteiger partial charge on any atom is -0.319 e. The number of hydrogen-bond donors (Lipinski definition) is 1. The van der Waals surface area contributed by atoms with Crippen molar-refractivity contribution in [2.24, 2.45) is 5.41 Å². The van der Waals surface area contributed by atoms with Crippen molar-refractivity contribution in [1.82, 2.24) is 10.3 Å². The zero-order chi connectivity index (χ0) is 12.4. The van der Waals surface area contributed by atoms with E-state index in [1.807, 2.05) is 7.05 Å². The number of thiazole rings is 1. The third-order valence-corrected chi connectivity index (χ3v) is 3.45. The summed E-state index contributed by atoms with van der Waals surface area (Å²) < 4.78 is 0. The van der Waals surface area contributed by atoms with Gasteiger partial charge in [0.1, 0.15) is 0 Å². The Kier molecular flexibility index (Phi) is 4.13. The molecule has 0 radical (unpaired) electrons. The molecule has 1 heterocycles. The van der Waals surface area contributed by atoms with Crippen molar-refractivity contribution in [1.29, 1.82) is 0 Å². The van der Waals surface area contributed by atoms with Crippen LogP contribution in [0.2, 0.25) is 0 Å². The first-order chi connectivity index (χ1) is 7.24. The fourth-order valence-corrected chi connectivity index (χ4v) is 2.97. The summed E-state index contributed by atoms with van der Waals surface area (Å²) in [5.41, 5.74) is 1.66. The van der Waals surface area contributed by atoms with Gasteiger partial charge in [-0.15, -0.1) is 11.3 Å². The highest BCUT2D eigenvalue weighted by molar-refractivity contribution is 7.09. The summed E-state index contributed by atoms with van der Waals surface area (Å²) in [5, 5.41) is 6.70. The average Bonchev–Trinajstić information content (AvgIpc) is 2.50. The van der Waals surface area contributed by atoms with E-state index in [1.165, 1.54) is 10.7 Å². The molecule has 1 aromatic rings. The quantitative estimate of drug-likeness (QED) is 0.874. The van der Waals surface area contributed by atoms with Crippen molar-refractivity contribution in [3.05, 3.63) is 16.1 Å². The molecule has 0 aliphatic carbocycles. The highest BCUT2D eigenvalue weighted by atomic mass is 32.1. The minimum atomic E-state index is 0.169. The van der Waals surface area contributed by atoms with E-state index in [4.69, 9.17) is 4.98 Å². The second-order valence-electron chi connectivity index (χ2n) is 6.25.